The molecule has 0 amide bonds. The van der Waals surface area contributed by atoms with Crippen LogP contribution in [0.15, 0.2) is 0 Å². The number of hydrogen-bond donors (Lipinski definition) is 6. The topological polar surface area (TPSA) is 156 Å². The van der Waals surface area contributed by atoms with E-state index in [1.165, 1.54) is 0 Å². The van der Waals surface area contributed by atoms with E-state index in [1.807, 2.05) is 0 Å². The van der Waals surface area contributed by atoms with Gasteiger partial charge in [-0.05, 0) is 0 Å². The first-order valence-corrected chi connectivity index (χ1v) is 5.91. The maximum atomic E-state index is 4.83. The van der Waals surface area contributed by atoms with Gasteiger partial charge in [0.05, 0.1) is 0 Å². The minimum absolute atomic E-state index is 0.583. The molecule has 0 aliphatic rings. The van der Waals surface area contributed by atoms with Crippen molar-refractivity contribution in [1.29, 1.82) is 0 Å². The monoisotopic (exact) mass is 154 g/mol. The van der Waals surface area contributed by atoms with Crippen molar-refractivity contribution >= 4 is 18.6 Å². The van der Waals surface area contributed by atoms with Gasteiger partial charge >= 0.3 is 8.72 Å². The van der Waals surface area contributed by atoms with Crippen LogP contribution in [-0.2, 0) is 0 Å². The standard InChI is InChI=1S/H8N4Si.H6N2Si/c1-5(2,3)4;1-3-2/h1-4H2;1-3H2. The van der Waals surface area contributed by atoms with Gasteiger partial charge in [0.25, 0.3) is 0 Å². The Morgan fingerprint density at radius 3 is 0.875 bits per heavy atom. The first-order chi connectivity index (χ1) is 3.41. The lowest BCUT2D eigenvalue weighted by Crippen LogP contribution is -2.72. The van der Waals surface area contributed by atoms with Crippen LogP contribution < -0.4 is 32.4 Å². The van der Waals surface area contributed by atoms with Gasteiger partial charge in [-0.15, -0.1) is 0 Å². The molecule has 0 atom stereocenters. The lowest BCUT2D eigenvalue weighted by molar-refractivity contribution is 1.36. The summed E-state index contributed by atoms with van der Waals surface area (Å²) in [6.45, 7) is 0. The third-order valence-electron chi connectivity index (χ3n) is 0. The predicted octanol–water partition coefficient (Wildman–Crippen LogP) is -4.84. The van der Waals surface area contributed by atoms with Gasteiger partial charge in [-0.25, -0.2) is 0 Å². The second-order valence-electron chi connectivity index (χ2n) is 1.24. The van der Waals surface area contributed by atoms with Gasteiger partial charge < -0.3 is 32.4 Å². The van der Waals surface area contributed by atoms with Crippen LogP contribution in [0.1, 0.15) is 0 Å². The summed E-state index contributed by atoms with van der Waals surface area (Å²) in [7, 11) is -3.19. The summed E-state index contributed by atoms with van der Waals surface area (Å²) < 4.78 is 0. The fraction of sp³-hybridized carbons (Fsp3) is 0. The van der Waals surface area contributed by atoms with Gasteiger partial charge in [0.2, 0.25) is 0 Å². The molecule has 0 unspecified atom stereocenters. The number of nitrogens with two attached hydrogens (primary N) is 6. The van der Waals surface area contributed by atoms with E-state index in [4.69, 9.17) is 32.4 Å². The van der Waals surface area contributed by atoms with Crippen LogP contribution in [0, 0.1) is 0 Å². The van der Waals surface area contributed by atoms with Crippen LogP contribution in [0.25, 0.3) is 0 Å². The lowest BCUT2D eigenvalue weighted by Gasteiger charge is -2.01. The summed E-state index contributed by atoms with van der Waals surface area (Å²) in [6, 6.07) is 0. The fourth-order valence-electron chi connectivity index (χ4n) is 0. The zero-order chi connectivity index (χ0) is 7.21. The molecule has 0 heterocycles. The van der Waals surface area contributed by atoms with Crippen LogP contribution in [0.4, 0.5) is 0 Å². The maximum absolute atomic E-state index is 4.83. The molecular formula is H14N6Si2. The highest BCUT2D eigenvalue weighted by atomic mass is 28.4. The molecule has 0 aliphatic carbocycles. The first-order valence-electron chi connectivity index (χ1n) is 1.97. The summed E-state index contributed by atoms with van der Waals surface area (Å²) in [5.41, 5.74) is 0. The van der Waals surface area contributed by atoms with Gasteiger partial charge in [0, 0.05) is 0 Å². The van der Waals surface area contributed by atoms with Crippen LogP contribution in [0.2, 0.25) is 0 Å². The van der Waals surface area contributed by atoms with Crippen molar-refractivity contribution in [2.75, 3.05) is 0 Å². The molecule has 0 rings (SSSR count). The summed E-state index contributed by atoms with van der Waals surface area (Å²) in [5.74, 6) is 0. The molecule has 0 spiro atoms. The third kappa shape index (κ3) is 4450. The zero-order valence-corrected chi connectivity index (χ0v) is 7.09. The van der Waals surface area contributed by atoms with Crippen molar-refractivity contribution in [3.63, 3.8) is 0 Å². The molecule has 8 heteroatoms. The second-order valence-corrected chi connectivity index (χ2v) is 3.71. The molecule has 6 nitrogen and oxygen atoms in total. The van der Waals surface area contributed by atoms with E-state index in [2.05, 4.69) is 0 Å². The number of hydrogen-bond acceptors (Lipinski definition) is 6. The van der Waals surface area contributed by atoms with Crippen molar-refractivity contribution in [2.24, 2.45) is 32.4 Å². The maximum Gasteiger partial charge on any atom is 0.355 e. The molecule has 0 aliphatic heterocycles. The molecule has 12 N–H and O–H groups in total. The lowest BCUT2D eigenvalue weighted by atomic mass is 13.7. The largest absolute Gasteiger partial charge is 0.355 e. The quantitative estimate of drug-likeness (QED) is 0.192. The molecule has 0 saturated carbocycles. The Hall–Kier alpha value is 0.194. The second kappa shape index (κ2) is 5.33. The minimum atomic E-state index is -2.61. The normalized spacial score (nSPS) is 9.75. The highest BCUT2D eigenvalue weighted by Crippen LogP contribution is 1.33. The van der Waals surface area contributed by atoms with E-state index in [9.17, 15) is 0 Å². The Labute approximate surface area is 51.9 Å². The summed E-state index contributed by atoms with van der Waals surface area (Å²) in [5, 5.41) is 28.8. The molecular weight excluding hydrogens is 140 g/mol. The van der Waals surface area contributed by atoms with Crippen molar-refractivity contribution < 1.29 is 0 Å². The molecule has 0 radical (unpaired) electrons. The van der Waals surface area contributed by atoms with E-state index in [0.29, 0.717) is 0 Å². The predicted molar refractivity (Wildman–Crippen MR) is 39.4 cm³/mol. The summed E-state index contributed by atoms with van der Waals surface area (Å²) in [4.78, 5) is 0. The fourth-order valence-corrected chi connectivity index (χ4v) is 0. The van der Waals surface area contributed by atoms with Gasteiger partial charge in [-0.3, -0.25) is 0 Å². The SMILES string of the molecule is N[SiH2]N.N[Si](N)(N)N. The van der Waals surface area contributed by atoms with E-state index < -0.39 is 18.6 Å². The average Bonchev–Trinajstić information content (AvgIpc) is 1.27. The van der Waals surface area contributed by atoms with E-state index in [0.717, 1.165) is 0 Å². The highest BCUT2D eigenvalue weighted by molar-refractivity contribution is 6.66. The molecule has 8 heavy (non-hydrogen) atoms. The summed E-state index contributed by atoms with van der Waals surface area (Å²) in [6.07, 6.45) is 0. The van der Waals surface area contributed by atoms with Crippen molar-refractivity contribution in [3.05, 3.63) is 0 Å². The Bertz CT molecular complexity index is 30.3. The number of rotatable bonds is 0. The van der Waals surface area contributed by atoms with Gasteiger partial charge in [-0.1, -0.05) is 0 Å². The molecule has 0 aromatic heterocycles. The zero-order valence-electron chi connectivity index (χ0n) is 4.67. The Balaban J connectivity index is 0. The van der Waals surface area contributed by atoms with Crippen molar-refractivity contribution in [1.82, 2.24) is 0 Å². The van der Waals surface area contributed by atoms with Crippen LogP contribution in [0.3, 0.4) is 0 Å². The van der Waals surface area contributed by atoms with Gasteiger partial charge in [0.1, 0.15) is 0 Å². The van der Waals surface area contributed by atoms with E-state index >= 15 is 0 Å². The van der Waals surface area contributed by atoms with Crippen molar-refractivity contribution in [3.8, 4) is 0 Å². The van der Waals surface area contributed by atoms with E-state index in [-0.39, 0.29) is 0 Å². The Morgan fingerprint density at radius 2 is 0.875 bits per heavy atom. The molecule has 0 aromatic rings. The van der Waals surface area contributed by atoms with Crippen LogP contribution >= 0.6 is 0 Å². The van der Waals surface area contributed by atoms with Crippen LogP contribution in [0.5, 0.6) is 0 Å². The Kier molecular flexibility index (Phi) is 7.37. The van der Waals surface area contributed by atoms with Crippen LogP contribution in [-0.4, -0.2) is 18.6 Å². The van der Waals surface area contributed by atoms with Gasteiger partial charge in [0.15, 0.2) is 9.84 Å². The molecule has 0 aromatic carbocycles. The third-order valence-corrected chi connectivity index (χ3v) is 0. The van der Waals surface area contributed by atoms with Crippen molar-refractivity contribution in [2.45, 2.75) is 0 Å². The average molecular weight is 154 g/mol. The van der Waals surface area contributed by atoms with Gasteiger partial charge in [-0.2, -0.15) is 0 Å². The summed E-state index contributed by atoms with van der Waals surface area (Å²) >= 11 is 0. The molecule has 0 bridgehead atoms. The molecule has 0 saturated heterocycles. The molecule has 52 valence electrons. The smallest absolute Gasteiger partial charge is 0.344 e. The first kappa shape index (κ1) is 11.1. The molecule has 0 fully saturated rings. The van der Waals surface area contributed by atoms with E-state index in [1.54, 1.807) is 0 Å². The minimum Gasteiger partial charge on any atom is -0.344 e. The Morgan fingerprint density at radius 1 is 0.875 bits per heavy atom. The highest BCUT2D eigenvalue weighted by Gasteiger charge is 2.05.